The lowest BCUT2D eigenvalue weighted by Crippen LogP contribution is -2.15. The molecule has 0 saturated heterocycles. The van der Waals surface area contributed by atoms with E-state index in [1.54, 1.807) is 24.3 Å². The van der Waals surface area contributed by atoms with Gasteiger partial charge in [-0.1, -0.05) is 29.8 Å². The molecular formula is C13H12ClFN2O2S. The number of anilines is 1. The summed E-state index contributed by atoms with van der Waals surface area (Å²) in [6.07, 6.45) is 0. The standard InChI is InChI=1S/C13H12ClFN2O2S/c14-11-6-5-10(15)7-13(11)20(18,19)17-12-4-2-1-3-9(12)8-16/h1-7,17H,8,16H2. The molecular weight excluding hydrogens is 303 g/mol. The van der Waals surface area contributed by atoms with Crippen molar-refractivity contribution in [3.8, 4) is 0 Å². The molecule has 0 amide bonds. The van der Waals surface area contributed by atoms with Crippen LogP contribution in [0.3, 0.4) is 0 Å². The smallest absolute Gasteiger partial charge is 0.263 e. The Balaban J connectivity index is 2.43. The van der Waals surface area contributed by atoms with Crippen molar-refractivity contribution in [3.05, 3.63) is 58.9 Å². The maximum Gasteiger partial charge on any atom is 0.263 e. The zero-order valence-electron chi connectivity index (χ0n) is 10.3. The molecule has 0 atom stereocenters. The van der Waals surface area contributed by atoms with E-state index in [1.807, 2.05) is 0 Å². The summed E-state index contributed by atoms with van der Waals surface area (Å²) in [6, 6.07) is 9.85. The molecule has 20 heavy (non-hydrogen) atoms. The number of benzene rings is 2. The van der Waals surface area contributed by atoms with E-state index in [-0.39, 0.29) is 16.5 Å². The molecule has 4 nitrogen and oxygen atoms in total. The SMILES string of the molecule is NCc1ccccc1NS(=O)(=O)c1cc(F)ccc1Cl. The zero-order chi connectivity index (χ0) is 14.8. The largest absolute Gasteiger partial charge is 0.326 e. The van der Waals surface area contributed by atoms with Crippen LogP contribution < -0.4 is 10.5 Å². The summed E-state index contributed by atoms with van der Waals surface area (Å²) in [7, 11) is -3.98. The van der Waals surface area contributed by atoms with E-state index in [0.29, 0.717) is 11.3 Å². The first-order valence-corrected chi connectivity index (χ1v) is 7.56. The summed E-state index contributed by atoms with van der Waals surface area (Å²) in [5.74, 6) is -0.679. The number of rotatable bonds is 4. The van der Waals surface area contributed by atoms with Crippen LogP contribution in [0.15, 0.2) is 47.4 Å². The number of halogens is 2. The molecule has 3 N–H and O–H groups in total. The van der Waals surface area contributed by atoms with E-state index < -0.39 is 15.8 Å². The van der Waals surface area contributed by atoms with Gasteiger partial charge in [-0.3, -0.25) is 4.72 Å². The second kappa shape index (κ2) is 5.78. The summed E-state index contributed by atoms with van der Waals surface area (Å²) < 4.78 is 40.0. The number of nitrogens with one attached hydrogen (secondary N) is 1. The molecule has 0 saturated carbocycles. The molecule has 0 aliphatic carbocycles. The Kier molecular flexibility index (Phi) is 4.27. The molecule has 2 rings (SSSR count). The third-order valence-electron chi connectivity index (χ3n) is 2.66. The maximum atomic E-state index is 13.2. The molecule has 0 heterocycles. The fourth-order valence-corrected chi connectivity index (χ4v) is 3.29. The lowest BCUT2D eigenvalue weighted by molar-refractivity contribution is 0.595. The van der Waals surface area contributed by atoms with Gasteiger partial charge in [-0.2, -0.15) is 0 Å². The third kappa shape index (κ3) is 3.09. The average Bonchev–Trinajstić information content (AvgIpc) is 2.41. The first kappa shape index (κ1) is 14.8. The summed E-state index contributed by atoms with van der Waals surface area (Å²) in [5.41, 5.74) is 6.51. The molecule has 0 aliphatic rings. The zero-order valence-corrected chi connectivity index (χ0v) is 11.9. The van der Waals surface area contributed by atoms with Crippen molar-refractivity contribution >= 4 is 27.3 Å². The van der Waals surface area contributed by atoms with Gasteiger partial charge in [0.2, 0.25) is 0 Å². The van der Waals surface area contributed by atoms with Crippen molar-refractivity contribution < 1.29 is 12.8 Å². The van der Waals surface area contributed by atoms with Crippen LogP contribution in [0.4, 0.5) is 10.1 Å². The fraction of sp³-hybridized carbons (Fsp3) is 0.0769. The summed E-state index contributed by atoms with van der Waals surface area (Å²) in [4.78, 5) is -0.314. The van der Waals surface area contributed by atoms with E-state index in [9.17, 15) is 12.8 Å². The lowest BCUT2D eigenvalue weighted by Gasteiger charge is -2.12. The Morgan fingerprint density at radius 1 is 1.20 bits per heavy atom. The van der Waals surface area contributed by atoms with Crippen molar-refractivity contribution in [1.82, 2.24) is 0 Å². The molecule has 0 bridgehead atoms. The molecule has 2 aromatic rings. The average molecular weight is 315 g/mol. The number of sulfonamides is 1. The first-order valence-electron chi connectivity index (χ1n) is 5.70. The topological polar surface area (TPSA) is 72.2 Å². The van der Waals surface area contributed by atoms with Crippen LogP contribution in [-0.4, -0.2) is 8.42 Å². The second-order valence-electron chi connectivity index (χ2n) is 4.04. The van der Waals surface area contributed by atoms with E-state index >= 15 is 0 Å². The minimum atomic E-state index is -3.98. The monoisotopic (exact) mass is 314 g/mol. The normalized spacial score (nSPS) is 11.3. The minimum absolute atomic E-state index is 0.0517. The highest BCUT2D eigenvalue weighted by Crippen LogP contribution is 2.25. The van der Waals surface area contributed by atoms with Crippen LogP contribution in [-0.2, 0) is 16.6 Å². The van der Waals surface area contributed by atoms with Gasteiger partial charge in [0, 0.05) is 6.54 Å². The Bertz CT molecular complexity index is 735. The van der Waals surface area contributed by atoms with E-state index in [0.717, 1.165) is 12.1 Å². The molecule has 0 aromatic heterocycles. The number of hydrogen-bond donors (Lipinski definition) is 2. The van der Waals surface area contributed by atoms with Gasteiger partial charge in [0.05, 0.1) is 10.7 Å². The highest BCUT2D eigenvalue weighted by Gasteiger charge is 2.19. The molecule has 0 radical (unpaired) electrons. The minimum Gasteiger partial charge on any atom is -0.326 e. The van der Waals surface area contributed by atoms with Crippen LogP contribution in [0, 0.1) is 5.82 Å². The van der Waals surface area contributed by atoms with Crippen LogP contribution >= 0.6 is 11.6 Å². The molecule has 106 valence electrons. The Morgan fingerprint density at radius 2 is 1.90 bits per heavy atom. The van der Waals surface area contributed by atoms with Gasteiger partial charge in [0.1, 0.15) is 10.7 Å². The van der Waals surface area contributed by atoms with Gasteiger partial charge < -0.3 is 5.73 Å². The maximum absolute atomic E-state index is 13.2. The third-order valence-corrected chi connectivity index (χ3v) is 4.51. The van der Waals surface area contributed by atoms with Crippen LogP contribution in [0.5, 0.6) is 0 Å². The number of hydrogen-bond acceptors (Lipinski definition) is 3. The van der Waals surface area contributed by atoms with Crippen LogP contribution in [0.25, 0.3) is 0 Å². The van der Waals surface area contributed by atoms with E-state index in [1.165, 1.54) is 6.07 Å². The quantitative estimate of drug-likeness (QED) is 0.911. The second-order valence-corrected chi connectivity index (χ2v) is 6.10. The Labute approximate surface area is 121 Å². The molecule has 0 fully saturated rings. The van der Waals surface area contributed by atoms with E-state index in [2.05, 4.69) is 4.72 Å². The number of para-hydroxylation sites is 1. The predicted octanol–water partition coefficient (Wildman–Crippen LogP) is 2.74. The first-order chi connectivity index (χ1) is 9.44. The van der Waals surface area contributed by atoms with Crippen molar-refractivity contribution in [2.45, 2.75) is 11.4 Å². The van der Waals surface area contributed by atoms with Crippen molar-refractivity contribution in [3.63, 3.8) is 0 Å². The molecule has 7 heteroatoms. The van der Waals surface area contributed by atoms with Gasteiger partial charge in [0.15, 0.2) is 0 Å². The van der Waals surface area contributed by atoms with Crippen molar-refractivity contribution in [2.24, 2.45) is 5.73 Å². The summed E-state index contributed by atoms with van der Waals surface area (Å²) in [5, 5.41) is -0.0517. The fourth-order valence-electron chi connectivity index (χ4n) is 1.68. The van der Waals surface area contributed by atoms with Crippen molar-refractivity contribution in [1.29, 1.82) is 0 Å². The van der Waals surface area contributed by atoms with Crippen molar-refractivity contribution in [2.75, 3.05) is 4.72 Å². The summed E-state index contributed by atoms with van der Waals surface area (Å²) in [6.45, 7) is 0.176. The highest BCUT2D eigenvalue weighted by atomic mass is 35.5. The van der Waals surface area contributed by atoms with E-state index in [4.69, 9.17) is 17.3 Å². The molecule has 0 unspecified atom stereocenters. The Hall–Kier alpha value is -1.63. The van der Waals surface area contributed by atoms with Gasteiger partial charge >= 0.3 is 0 Å². The molecule has 0 aliphatic heterocycles. The Morgan fingerprint density at radius 3 is 2.60 bits per heavy atom. The predicted molar refractivity (Wildman–Crippen MR) is 76.6 cm³/mol. The van der Waals surface area contributed by atoms with Crippen LogP contribution in [0.1, 0.15) is 5.56 Å². The molecule has 0 spiro atoms. The van der Waals surface area contributed by atoms with Gasteiger partial charge in [0.25, 0.3) is 10.0 Å². The highest BCUT2D eigenvalue weighted by molar-refractivity contribution is 7.92. The van der Waals surface area contributed by atoms with Gasteiger partial charge in [-0.05, 0) is 29.8 Å². The van der Waals surface area contributed by atoms with Gasteiger partial charge in [-0.25, -0.2) is 12.8 Å². The molecule has 2 aromatic carbocycles. The van der Waals surface area contributed by atoms with Crippen LogP contribution in [0.2, 0.25) is 5.02 Å². The lowest BCUT2D eigenvalue weighted by atomic mass is 10.2. The summed E-state index contributed by atoms with van der Waals surface area (Å²) >= 11 is 5.81. The van der Waals surface area contributed by atoms with Gasteiger partial charge in [-0.15, -0.1) is 0 Å². The number of nitrogens with two attached hydrogens (primary N) is 1.